The molecule has 0 fully saturated rings. The van der Waals surface area contributed by atoms with Crippen molar-refractivity contribution in [2.75, 3.05) is 0 Å². The fraction of sp³-hybridized carbons (Fsp3) is 0. The lowest BCUT2D eigenvalue weighted by atomic mass is 9.99. The van der Waals surface area contributed by atoms with Gasteiger partial charge in [0, 0.05) is 62.5 Å². The van der Waals surface area contributed by atoms with Gasteiger partial charge in [-0.3, -0.25) is 9.97 Å². The molecule has 4 heteroatoms. The molecular weight excluding hydrogens is 434 g/mol. The minimum Gasteiger partial charge on any atom is -0.309 e. The van der Waals surface area contributed by atoms with Crippen molar-refractivity contribution in [1.82, 2.24) is 14.5 Å². The largest absolute Gasteiger partial charge is 0.309 e. The standard InChI is InChI=1S/C30H19N3S/c1-2-8-28-25(7-1)26-9-10-29-27(11-14-34-29)30(26)33(28)24-16-22(20-5-3-12-31-18-20)15-23(17-24)21-6-4-13-32-19-21/h1-19H. The molecule has 0 aliphatic carbocycles. The molecule has 34 heavy (non-hydrogen) atoms. The number of hydrogen-bond donors (Lipinski definition) is 0. The number of rotatable bonds is 3. The van der Waals surface area contributed by atoms with Gasteiger partial charge in [0.1, 0.15) is 0 Å². The fourth-order valence-electron chi connectivity index (χ4n) is 4.91. The van der Waals surface area contributed by atoms with Gasteiger partial charge in [0.15, 0.2) is 0 Å². The highest BCUT2D eigenvalue weighted by molar-refractivity contribution is 7.17. The van der Waals surface area contributed by atoms with Crippen molar-refractivity contribution in [1.29, 1.82) is 0 Å². The Morgan fingerprint density at radius 3 is 2.03 bits per heavy atom. The van der Waals surface area contributed by atoms with Crippen LogP contribution in [0.15, 0.2) is 115 Å². The fourth-order valence-corrected chi connectivity index (χ4v) is 5.70. The van der Waals surface area contributed by atoms with Crippen LogP contribution in [0.3, 0.4) is 0 Å². The molecule has 0 unspecified atom stereocenters. The molecule has 0 amide bonds. The highest BCUT2D eigenvalue weighted by Crippen LogP contribution is 2.39. The van der Waals surface area contributed by atoms with E-state index in [0.29, 0.717) is 0 Å². The van der Waals surface area contributed by atoms with Crippen LogP contribution in [-0.2, 0) is 0 Å². The molecule has 4 aromatic heterocycles. The van der Waals surface area contributed by atoms with Crippen LogP contribution in [0.4, 0.5) is 0 Å². The number of hydrogen-bond acceptors (Lipinski definition) is 3. The third-order valence-corrected chi connectivity index (χ3v) is 7.31. The summed E-state index contributed by atoms with van der Waals surface area (Å²) in [6, 6.07) is 30.4. The average molecular weight is 454 g/mol. The van der Waals surface area contributed by atoms with Crippen molar-refractivity contribution in [2.24, 2.45) is 0 Å². The van der Waals surface area contributed by atoms with Crippen molar-refractivity contribution in [3.63, 3.8) is 0 Å². The van der Waals surface area contributed by atoms with Gasteiger partial charge in [-0.2, -0.15) is 0 Å². The molecule has 0 radical (unpaired) electrons. The molecule has 0 N–H and O–H groups in total. The van der Waals surface area contributed by atoms with Gasteiger partial charge < -0.3 is 4.57 Å². The van der Waals surface area contributed by atoms with Gasteiger partial charge >= 0.3 is 0 Å². The summed E-state index contributed by atoms with van der Waals surface area (Å²) in [6.45, 7) is 0. The van der Waals surface area contributed by atoms with E-state index in [2.05, 4.69) is 92.7 Å². The molecular formula is C30H19N3S. The first-order chi connectivity index (χ1) is 16.9. The monoisotopic (exact) mass is 453 g/mol. The normalized spacial score (nSPS) is 11.5. The van der Waals surface area contributed by atoms with Gasteiger partial charge in [-0.15, -0.1) is 11.3 Å². The van der Waals surface area contributed by atoms with E-state index >= 15 is 0 Å². The Morgan fingerprint density at radius 2 is 1.32 bits per heavy atom. The lowest BCUT2D eigenvalue weighted by Gasteiger charge is -2.14. The highest BCUT2D eigenvalue weighted by atomic mass is 32.1. The van der Waals surface area contributed by atoms with Crippen molar-refractivity contribution < 1.29 is 0 Å². The summed E-state index contributed by atoms with van der Waals surface area (Å²) < 4.78 is 3.71. The molecule has 4 heterocycles. The predicted octanol–water partition coefficient (Wildman–Crippen LogP) is 8.12. The lowest BCUT2D eigenvalue weighted by molar-refractivity contribution is 1.19. The molecule has 0 saturated heterocycles. The van der Waals surface area contributed by atoms with Crippen molar-refractivity contribution in [3.8, 4) is 27.9 Å². The van der Waals surface area contributed by atoms with E-state index in [1.54, 1.807) is 11.3 Å². The number of aromatic nitrogens is 3. The zero-order valence-corrected chi connectivity index (χ0v) is 19.0. The second kappa shape index (κ2) is 7.65. The van der Waals surface area contributed by atoms with E-state index in [1.807, 2.05) is 36.9 Å². The molecule has 0 atom stereocenters. The third-order valence-electron chi connectivity index (χ3n) is 6.43. The zero-order chi connectivity index (χ0) is 22.5. The SMILES string of the molecule is c1cncc(-c2cc(-c3cccnc3)cc(-n3c4ccccc4c4ccc5sccc5c43)c2)c1. The Balaban J connectivity index is 1.62. The molecule has 0 aliphatic heterocycles. The maximum absolute atomic E-state index is 4.37. The third kappa shape index (κ3) is 2.96. The predicted molar refractivity (Wildman–Crippen MR) is 143 cm³/mol. The van der Waals surface area contributed by atoms with Crippen LogP contribution >= 0.6 is 11.3 Å². The Kier molecular flexibility index (Phi) is 4.32. The van der Waals surface area contributed by atoms with Gasteiger partial charge in [-0.1, -0.05) is 36.4 Å². The van der Waals surface area contributed by atoms with Crippen molar-refractivity contribution >= 4 is 43.2 Å². The molecule has 160 valence electrons. The van der Waals surface area contributed by atoms with E-state index < -0.39 is 0 Å². The number of thiophene rings is 1. The van der Waals surface area contributed by atoms with Gasteiger partial charge in [0.05, 0.1) is 11.0 Å². The molecule has 3 nitrogen and oxygen atoms in total. The average Bonchev–Trinajstić information content (AvgIpc) is 3.52. The maximum atomic E-state index is 4.37. The van der Waals surface area contributed by atoms with Crippen molar-refractivity contribution in [2.45, 2.75) is 0 Å². The molecule has 3 aromatic carbocycles. The van der Waals surface area contributed by atoms with Crippen LogP contribution in [0.5, 0.6) is 0 Å². The summed E-state index contributed by atoms with van der Waals surface area (Å²) >= 11 is 1.79. The van der Waals surface area contributed by atoms with Gasteiger partial charge in [0.25, 0.3) is 0 Å². The quantitative estimate of drug-likeness (QED) is 0.270. The van der Waals surface area contributed by atoms with E-state index in [1.165, 1.54) is 31.9 Å². The van der Waals surface area contributed by atoms with Gasteiger partial charge in [-0.05, 0) is 65.0 Å². The lowest BCUT2D eigenvalue weighted by Crippen LogP contribution is -1.96. The smallest absolute Gasteiger partial charge is 0.0627 e. The second-order valence-electron chi connectivity index (χ2n) is 8.40. The first-order valence-corrected chi connectivity index (χ1v) is 12.1. The zero-order valence-electron chi connectivity index (χ0n) is 18.2. The minimum atomic E-state index is 1.09. The molecule has 7 rings (SSSR count). The Labute approximate surface area is 200 Å². The summed E-state index contributed by atoms with van der Waals surface area (Å²) in [4.78, 5) is 8.74. The summed E-state index contributed by atoms with van der Waals surface area (Å²) in [5.74, 6) is 0. The van der Waals surface area contributed by atoms with Crippen LogP contribution in [0.2, 0.25) is 0 Å². The number of benzene rings is 3. The number of para-hydroxylation sites is 1. The topological polar surface area (TPSA) is 30.7 Å². The Hall–Kier alpha value is -4.28. The summed E-state index contributed by atoms with van der Waals surface area (Å²) in [5.41, 5.74) is 8.04. The Bertz CT molecular complexity index is 1740. The molecule has 0 aliphatic rings. The minimum absolute atomic E-state index is 1.09. The van der Waals surface area contributed by atoms with Gasteiger partial charge in [0.2, 0.25) is 0 Å². The van der Waals surface area contributed by atoms with Crippen molar-refractivity contribution in [3.05, 3.63) is 115 Å². The van der Waals surface area contributed by atoms with Crippen LogP contribution in [0, 0.1) is 0 Å². The molecule has 0 saturated carbocycles. The Morgan fingerprint density at radius 1 is 0.588 bits per heavy atom. The van der Waals surface area contributed by atoms with Crippen LogP contribution < -0.4 is 0 Å². The number of fused-ring (bicyclic) bond motifs is 5. The van der Waals surface area contributed by atoms with Crippen LogP contribution in [0.1, 0.15) is 0 Å². The van der Waals surface area contributed by atoms with E-state index in [4.69, 9.17) is 0 Å². The van der Waals surface area contributed by atoms with E-state index in [0.717, 1.165) is 27.9 Å². The molecule has 7 aromatic rings. The summed E-state index contributed by atoms with van der Waals surface area (Å²) in [6.07, 6.45) is 7.48. The maximum Gasteiger partial charge on any atom is 0.0627 e. The first kappa shape index (κ1) is 19.2. The number of pyridine rings is 2. The first-order valence-electron chi connectivity index (χ1n) is 11.2. The summed E-state index contributed by atoms with van der Waals surface area (Å²) in [7, 11) is 0. The van der Waals surface area contributed by atoms with E-state index in [-0.39, 0.29) is 0 Å². The second-order valence-corrected chi connectivity index (χ2v) is 9.35. The highest BCUT2D eigenvalue weighted by Gasteiger charge is 2.17. The number of nitrogens with zero attached hydrogens (tertiary/aromatic N) is 3. The molecule has 0 bridgehead atoms. The van der Waals surface area contributed by atoms with Crippen LogP contribution in [0.25, 0.3) is 59.8 Å². The van der Waals surface area contributed by atoms with Gasteiger partial charge in [-0.25, -0.2) is 0 Å². The summed E-state index contributed by atoms with van der Waals surface area (Å²) in [5, 5.41) is 6.00. The molecule has 0 spiro atoms. The van der Waals surface area contributed by atoms with E-state index in [9.17, 15) is 0 Å². The van der Waals surface area contributed by atoms with Crippen LogP contribution in [-0.4, -0.2) is 14.5 Å².